The Hall–Kier alpha value is -3.14. The number of hydrogen-bond acceptors (Lipinski definition) is 7. The Balaban J connectivity index is 1.49. The lowest BCUT2D eigenvalue weighted by molar-refractivity contribution is -0.143. The molecule has 2 saturated heterocycles. The van der Waals surface area contributed by atoms with Crippen molar-refractivity contribution < 1.29 is 29.0 Å². The minimum atomic E-state index is -1.49. The first kappa shape index (κ1) is 23.6. The molecule has 3 aliphatic heterocycles. The van der Waals surface area contributed by atoms with Crippen LogP contribution in [0.3, 0.4) is 0 Å². The lowest BCUT2D eigenvalue weighted by Crippen LogP contribution is -2.54. The molecule has 0 unspecified atom stereocenters. The number of carbonyl (C=O) groups excluding carboxylic acids is 3. The van der Waals surface area contributed by atoms with Crippen LogP contribution in [0.5, 0.6) is 11.5 Å². The lowest BCUT2D eigenvalue weighted by Gasteiger charge is -2.30. The first-order valence-corrected chi connectivity index (χ1v) is 11.7. The van der Waals surface area contributed by atoms with E-state index in [1.54, 1.807) is 44.4 Å². The summed E-state index contributed by atoms with van der Waals surface area (Å²) in [6.07, 6.45) is -0.577. The van der Waals surface area contributed by atoms with Crippen molar-refractivity contribution in [2.75, 3.05) is 26.1 Å². The Bertz CT molecular complexity index is 1230. The number of nitrogens with one attached hydrogen (secondary N) is 2. The molecule has 0 aliphatic carbocycles. The molecule has 3 amide bonds. The van der Waals surface area contributed by atoms with Crippen LogP contribution in [0, 0.1) is 11.8 Å². The summed E-state index contributed by atoms with van der Waals surface area (Å²) in [4.78, 5) is 41.8. The van der Waals surface area contributed by atoms with Gasteiger partial charge in [0.05, 0.1) is 42.9 Å². The number of hydrogen-bond donors (Lipinski definition) is 3. The maximum absolute atomic E-state index is 13.7. The number of nitrogens with zero attached hydrogens (tertiary/aromatic N) is 1. The number of imide groups is 1. The predicted octanol–water partition coefficient (Wildman–Crippen LogP) is 1.70. The van der Waals surface area contributed by atoms with Crippen molar-refractivity contribution in [1.29, 1.82) is 0 Å². The summed E-state index contributed by atoms with van der Waals surface area (Å²) in [5.74, 6) is -2.06. The maximum atomic E-state index is 13.7. The molecule has 2 fully saturated rings. The quantitative estimate of drug-likeness (QED) is 0.518. The number of benzene rings is 2. The number of methoxy groups -OCH3 is 2. The molecule has 0 radical (unpaired) electrons. The van der Waals surface area contributed by atoms with Crippen LogP contribution in [0.1, 0.15) is 18.1 Å². The topological polar surface area (TPSA) is 117 Å². The normalized spacial score (nSPS) is 27.7. The Morgan fingerprint density at radius 2 is 1.86 bits per heavy atom. The van der Waals surface area contributed by atoms with Crippen molar-refractivity contribution in [2.45, 2.75) is 31.0 Å². The smallest absolute Gasteiger partial charge is 0.250 e. The highest BCUT2D eigenvalue weighted by Crippen LogP contribution is 2.54. The third-order valence-electron chi connectivity index (χ3n) is 7.32. The van der Waals surface area contributed by atoms with Crippen molar-refractivity contribution in [1.82, 2.24) is 10.2 Å². The van der Waals surface area contributed by atoms with E-state index in [1.165, 1.54) is 12.0 Å². The van der Waals surface area contributed by atoms with Crippen molar-refractivity contribution in [3.8, 4) is 11.5 Å². The van der Waals surface area contributed by atoms with E-state index in [0.717, 1.165) is 5.56 Å². The van der Waals surface area contributed by atoms with E-state index in [1.807, 2.05) is 6.07 Å². The number of likely N-dealkylation sites (tertiary alicyclic amines) is 1. The number of halogens is 1. The van der Waals surface area contributed by atoms with Gasteiger partial charge >= 0.3 is 0 Å². The number of amides is 3. The second-order valence-electron chi connectivity index (χ2n) is 9.11. The second-order valence-corrected chi connectivity index (χ2v) is 9.51. The summed E-state index contributed by atoms with van der Waals surface area (Å²) in [5, 5.41) is 16.8. The van der Waals surface area contributed by atoms with Gasteiger partial charge < -0.3 is 19.9 Å². The number of aliphatic hydroxyl groups excluding tert-OH is 1. The molecule has 10 heteroatoms. The predicted molar refractivity (Wildman–Crippen MR) is 127 cm³/mol. The van der Waals surface area contributed by atoms with Gasteiger partial charge in [0.15, 0.2) is 11.5 Å². The van der Waals surface area contributed by atoms with Crippen LogP contribution in [-0.2, 0) is 26.3 Å². The summed E-state index contributed by atoms with van der Waals surface area (Å²) in [5.41, 5.74) is 0.296. The van der Waals surface area contributed by atoms with Gasteiger partial charge in [-0.15, -0.1) is 0 Å². The zero-order valence-electron chi connectivity index (χ0n) is 19.5. The fourth-order valence-corrected chi connectivity index (χ4v) is 5.92. The van der Waals surface area contributed by atoms with Gasteiger partial charge in [0.25, 0.3) is 0 Å². The third kappa shape index (κ3) is 3.33. The summed E-state index contributed by atoms with van der Waals surface area (Å²) in [6, 6.07) is 9.70. The molecule has 1 spiro atoms. The summed E-state index contributed by atoms with van der Waals surface area (Å²) in [6.45, 7) is 1.68. The molecule has 3 N–H and O–H groups in total. The number of anilines is 1. The van der Waals surface area contributed by atoms with Gasteiger partial charge in [0.2, 0.25) is 17.7 Å². The highest BCUT2D eigenvalue weighted by molar-refractivity contribution is 6.35. The molecular weight excluding hydrogens is 474 g/mol. The molecular formula is C25H26ClN3O6. The Kier molecular flexibility index (Phi) is 5.74. The Morgan fingerprint density at radius 1 is 1.11 bits per heavy atom. The van der Waals surface area contributed by atoms with Crippen LogP contribution in [0.2, 0.25) is 5.02 Å². The van der Waals surface area contributed by atoms with E-state index in [0.29, 0.717) is 34.2 Å². The highest BCUT2D eigenvalue weighted by Gasteiger charge is 2.71. The van der Waals surface area contributed by atoms with E-state index in [9.17, 15) is 19.5 Å². The van der Waals surface area contributed by atoms with E-state index in [-0.39, 0.29) is 6.54 Å². The van der Waals surface area contributed by atoms with Gasteiger partial charge in [0.1, 0.15) is 5.54 Å². The van der Waals surface area contributed by atoms with Gasteiger partial charge in [-0.2, -0.15) is 0 Å². The number of aliphatic hydroxyl groups is 1. The van der Waals surface area contributed by atoms with Gasteiger partial charge in [-0.3, -0.25) is 24.6 Å². The second kappa shape index (κ2) is 8.51. The number of rotatable bonds is 6. The SMILES string of the molecule is COc1ccc(CCN2C(=O)[C@@H]3[C@H]([C@@H](C)O)N[C@]4(C(=O)Nc5c(Cl)cccc54)[C@@H]3C2=O)cc1OC. The standard InChI is InChI=1S/C25H26ClN3O6/c1-12(30)20-18-19(25(28-20)14-5-4-6-15(26)21(14)27-24(25)33)23(32)29(22(18)31)10-9-13-7-8-16(34-2)17(11-13)35-3/h4-8,11-12,18-20,28,30H,9-10H2,1-3H3,(H,27,33)/t12-,18+,19+,20+,25+/m1/s1. The molecule has 0 saturated carbocycles. The van der Waals surface area contributed by atoms with Gasteiger partial charge in [-0.05, 0) is 37.1 Å². The summed E-state index contributed by atoms with van der Waals surface area (Å²) < 4.78 is 10.6. The Labute approximate surface area is 207 Å². The number of fused-ring (bicyclic) bond motifs is 4. The van der Waals surface area contributed by atoms with Crippen LogP contribution in [0.15, 0.2) is 36.4 Å². The Morgan fingerprint density at radius 3 is 2.54 bits per heavy atom. The number of para-hydroxylation sites is 1. The fraction of sp³-hybridized carbons (Fsp3) is 0.400. The number of carbonyl (C=O) groups is 3. The molecule has 9 nitrogen and oxygen atoms in total. The van der Waals surface area contributed by atoms with E-state index in [4.69, 9.17) is 21.1 Å². The van der Waals surface area contributed by atoms with E-state index >= 15 is 0 Å². The van der Waals surface area contributed by atoms with Crippen molar-refractivity contribution in [3.05, 3.63) is 52.5 Å². The van der Waals surface area contributed by atoms with Crippen LogP contribution in [0.25, 0.3) is 0 Å². The lowest BCUT2D eigenvalue weighted by atomic mass is 9.76. The molecule has 3 aliphatic rings. The number of ether oxygens (including phenoxy) is 2. The average molecular weight is 500 g/mol. The highest BCUT2D eigenvalue weighted by atomic mass is 35.5. The molecule has 184 valence electrons. The molecule has 0 bridgehead atoms. The van der Waals surface area contributed by atoms with Crippen LogP contribution in [0.4, 0.5) is 5.69 Å². The fourth-order valence-electron chi connectivity index (χ4n) is 5.69. The zero-order valence-corrected chi connectivity index (χ0v) is 20.3. The molecule has 2 aromatic rings. The van der Waals surface area contributed by atoms with Crippen molar-refractivity contribution in [2.24, 2.45) is 11.8 Å². The summed E-state index contributed by atoms with van der Waals surface area (Å²) >= 11 is 6.32. The monoisotopic (exact) mass is 499 g/mol. The van der Waals surface area contributed by atoms with Crippen LogP contribution < -0.4 is 20.1 Å². The largest absolute Gasteiger partial charge is 0.493 e. The minimum Gasteiger partial charge on any atom is -0.493 e. The first-order chi connectivity index (χ1) is 16.7. The van der Waals surface area contributed by atoms with Gasteiger partial charge in [0, 0.05) is 18.2 Å². The molecule has 0 aromatic heterocycles. The zero-order chi connectivity index (χ0) is 25.1. The molecule has 35 heavy (non-hydrogen) atoms. The maximum Gasteiger partial charge on any atom is 0.250 e. The molecule has 5 rings (SSSR count). The first-order valence-electron chi connectivity index (χ1n) is 11.4. The van der Waals surface area contributed by atoms with Gasteiger partial charge in [-0.1, -0.05) is 29.8 Å². The van der Waals surface area contributed by atoms with Crippen molar-refractivity contribution >= 4 is 35.0 Å². The van der Waals surface area contributed by atoms with Gasteiger partial charge in [-0.25, -0.2) is 0 Å². The third-order valence-corrected chi connectivity index (χ3v) is 7.63. The van der Waals surface area contributed by atoms with Crippen LogP contribution >= 0.6 is 11.6 Å². The molecule has 3 heterocycles. The van der Waals surface area contributed by atoms with Crippen LogP contribution in [-0.4, -0.2) is 60.6 Å². The molecule has 5 atom stereocenters. The van der Waals surface area contributed by atoms with E-state index < -0.39 is 47.2 Å². The average Bonchev–Trinajstić information content (AvgIpc) is 3.43. The van der Waals surface area contributed by atoms with Crippen molar-refractivity contribution in [3.63, 3.8) is 0 Å². The summed E-state index contributed by atoms with van der Waals surface area (Å²) in [7, 11) is 3.08. The molecule has 2 aromatic carbocycles. The minimum absolute atomic E-state index is 0.132. The van der Waals surface area contributed by atoms with E-state index in [2.05, 4.69) is 10.6 Å².